The van der Waals surface area contributed by atoms with E-state index in [1.54, 1.807) is 0 Å². The Kier molecular flexibility index (Phi) is 5.55. The molecule has 1 aliphatic rings. The van der Waals surface area contributed by atoms with Crippen molar-refractivity contribution in [3.8, 4) is 0 Å². The number of amides is 3. The van der Waals surface area contributed by atoms with E-state index in [9.17, 15) is 9.59 Å². The monoisotopic (exact) mass is 286 g/mol. The average molecular weight is 286 g/mol. The van der Waals surface area contributed by atoms with Crippen LogP contribution < -0.4 is 5.32 Å². The number of nitrogens with zero attached hydrogens (tertiary/aromatic N) is 1. The van der Waals surface area contributed by atoms with E-state index in [-0.39, 0.29) is 11.9 Å². The first-order valence-electron chi connectivity index (χ1n) is 7.47. The predicted octanol–water partition coefficient (Wildman–Crippen LogP) is 3.20. The minimum Gasteiger partial charge on any atom is -0.334 e. The summed E-state index contributed by atoms with van der Waals surface area (Å²) in [6, 6.07) is 9.69. The molecule has 1 aromatic rings. The molecule has 1 N–H and O–H groups in total. The van der Waals surface area contributed by atoms with Crippen LogP contribution in [0.25, 0.3) is 6.08 Å². The molecule has 112 valence electrons. The molecule has 0 spiro atoms. The van der Waals surface area contributed by atoms with Crippen LogP contribution in [0.4, 0.5) is 4.79 Å². The maximum atomic E-state index is 12.1. The molecule has 0 bridgehead atoms. The summed E-state index contributed by atoms with van der Waals surface area (Å²) in [5, 5.41) is 2.83. The maximum absolute atomic E-state index is 12.1. The third-order valence-corrected chi connectivity index (χ3v) is 3.55. The highest BCUT2D eigenvalue weighted by Gasteiger charge is 2.22. The van der Waals surface area contributed by atoms with Gasteiger partial charge in [0.1, 0.15) is 0 Å². The van der Waals surface area contributed by atoms with Crippen LogP contribution in [0.3, 0.4) is 0 Å². The molecule has 1 aliphatic heterocycles. The highest BCUT2D eigenvalue weighted by atomic mass is 16.2. The van der Waals surface area contributed by atoms with E-state index in [0.29, 0.717) is 19.5 Å². The number of imide groups is 1. The molecule has 0 radical (unpaired) electrons. The van der Waals surface area contributed by atoms with Crippen molar-refractivity contribution in [1.82, 2.24) is 10.2 Å². The average Bonchev–Trinajstić information content (AvgIpc) is 2.70. The molecule has 4 heteroatoms. The Morgan fingerprint density at radius 1 is 1.24 bits per heavy atom. The molecule has 0 saturated carbocycles. The molecule has 0 unspecified atom stereocenters. The lowest BCUT2D eigenvalue weighted by Gasteiger charge is -2.19. The van der Waals surface area contributed by atoms with Crippen LogP contribution in [0.2, 0.25) is 0 Å². The van der Waals surface area contributed by atoms with Crippen molar-refractivity contribution in [2.75, 3.05) is 13.1 Å². The minimum absolute atomic E-state index is 0.0605. The van der Waals surface area contributed by atoms with Gasteiger partial charge in [-0.1, -0.05) is 48.4 Å². The van der Waals surface area contributed by atoms with Crippen molar-refractivity contribution in [3.05, 3.63) is 41.5 Å². The van der Waals surface area contributed by atoms with Gasteiger partial charge in [-0.05, 0) is 25.3 Å². The second-order valence-electron chi connectivity index (χ2n) is 5.42. The van der Waals surface area contributed by atoms with Crippen molar-refractivity contribution < 1.29 is 9.59 Å². The smallest absolute Gasteiger partial charge is 0.324 e. The zero-order valence-electron chi connectivity index (χ0n) is 12.5. The molecule has 2 rings (SSSR count). The van der Waals surface area contributed by atoms with Gasteiger partial charge in [-0.25, -0.2) is 4.79 Å². The van der Waals surface area contributed by atoms with Gasteiger partial charge < -0.3 is 5.32 Å². The zero-order valence-corrected chi connectivity index (χ0v) is 12.5. The Hall–Kier alpha value is -2.10. The number of urea groups is 1. The highest BCUT2D eigenvalue weighted by Crippen LogP contribution is 2.11. The first-order valence-corrected chi connectivity index (χ1v) is 7.47. The van der Waals surface area contributed by atoms with E-state index in [2.05, 4.69) is 5.32 Å². The molecule has 3 amide bonds. The van der Waals surface area contributed by atoms with Gasteiger partial charge in [0.05, 0.1) is 0 Å². The second-order valence-corrected chi connectivity index (χ2v) is 5.42. The van der Waals surface area contributed by atoms with E-state index < -0.39 is 0 Å². The Labute approximate surface area is 125 Å². The van der Waals surface area contributed by atoms with E-state index in [1.165, 1.54) is 4.90 Å². The molecule has 1 fully saturated rings. The third kappa shape index (κ3) is 4.74. The SMILES string of the molecule is CC(=Cc1ccccc1)CNC(=O)N1CCCCCC1=O. The summed E-state index contributed by atoms with van der Waals surface area (Å²) < 4.78 is 0. The van der Waals surface area contributed by atoms with Crippen molar-refractivity contribution in [2.45, 2.75) is 32.6 Å². The fourth-order valence-electron chi connectivity index (χ4n) is 2.39. The molecular weight excluding hydrogens is 264 g/mol. The predicted molar refractivity (Wildman–Crippen MR) is 83.7 cm³/mol. The van der Waals surface area contributed by atoms with Gasteiger partial charge in [-0.2, -0.15) is 0 Å². The van der Waals surface area contributed by atoms with Crippen LogP contribution in [-0.4, -0.2) is 29.9 Å². The standard InChI is InChI=1S/C17H22N2O2/c1-14(12-15-8-4-2-5-9-15)13-18-17(21)19-11-7-3-6-10-16(19)20/h2,4-5,8-9,12H,3,6-7,10-11,13H2,1H3,(H,18,21). The number of carbonyl (C=O) groups is 2. The summed E-state index contributed by atoms with van der Waals surface area (Å²) in [6.07, 6.45) is 5.31. The fraction of sp³-hybridized carbons (Fsp3) is 0.412. The Bertz CT molecular complexity index is 523. The van der Waals surface area contributed by atoms with Crippen LogP contribution >= 0.6 is 0 Å². The van der Waals surface area contributed by atoms with E-state index in [1.807, 2.05) is 43.3 Å². The van der Waals surface area contributed by atoms with Gasteiger partial charge in [0, 0.05) is 19.5 Å². The van der Waals surface area contributed by atoms with Crippen molar-refractivity contribution in [1.29, 1.82) is 0 Å². The van der Waals surface area contributed by atoms with Gasteiger partial charge in [0.2, 0.25) is 5.91 Å². The van der Waals surface area contributed by atoms with E-state index in [4.69, 9.17) is 0 Å². The van der Waals surface area contributed by atoms with E-state index in [0.717, 1.165) is 30.4 Å². The first-order chi connectivity index (χ1) is 10.2. The van der Waals surface area contributed by atoms with Crippen molar-refractivity contribution in [2.24, 2.45) is 0 Å². The van der Waals surface area contributed by atoms with Gasteiger partial charge in [-0.3, -0.25) is 9.69 Å². The van der Waals surface area contributed by atoms with E-state index >= 15 is 0 Å². The summed E-state index contributed by atoms with van der Waals surface area (Å²) in [6.45, 7) is 2.96. The number of likely N-dealkylation sites (tertiary alicyclic amines) is 1. The summed E-state index contributed by atoms with van der Waals surface area (Å²) >= 11 is 0. The van der Waals surface area contributed by atoms with Gasteiger partial charge >= 0.3 is 6.03 Å². The van der Waals surface area contributed by atoms with Gasteiger partial charge in [0.15, 0.2) is 0 Å². The van der Waals surface area contributed by atoms with Crippen LogP contribution in [0, 0.1) is 0 Å². The first kappa shape index (κ1) is 15.3. The van der Waals surface area contributed by atoms with Crippen molar-refractivity contribution in [3.63, 3.8) is 0 Å². The summed E-state index contributed by atoms with van der Waals surface area (Å²) in [5.74, 6) is -0.0605. The number of benzene rings is 1. The summed E-state index contributed by atoms with van der Waals surface area (Å²) in [5.41, 5.74) is 2.16. The van der Waals surface area contributed by atoms with Crippen LogP contribution in [-0.2, 0) is 4.79 Å². The normalized spacial score (nSPS) is 16.5. The lowest BCUT2D eigenvalue weighted by Crippen LogP contribution is -2.44. The lowest BCUT2D eigenvalue weighted by atomic mass is 10.1. The minimum atomic E-state index is -0.275. The number of carbonyl (C=O) groups excluding carboxylic acids is 2. The summed E-state index contributed by atoms with van der Waals surface area (Å²) in [7, 11) is 0. The quantitative estimate of drug-likeness (QED) is 0.927. The molecule has 4 nitrogen and oxygen atoms in total. The highest BCUT2D eigenvalue weighted by molar-refractivity contribution is 5.94. The Balaban J connectivity index is 1.88. The third-order valence-electron chi connectivity index (χ3n) is 3.55. The molecule has 1 saturated heterocycles. The molecule has 1 aromatic carbocycles. The molecule has 0 aliphatic carbocycles. The summed E-state index contributed by atoms with van der Waals surface area (Å²) in [4.78, 5) is 25.3. The molecular formula is C17H22N2O2. The molecule has 0 aromatic heterocycles. The number of nitrogens with one attached hydrogen (secondary N) is 1. The second kappa shape index (κ2) is 7.62. The van der Waals surface area contributed by atoms with Crippen LogP contribution in [0.5, 0.6) is 0 Å². The maximum Gasteiger partial charge on any atom is 0.324 e. The molecule has 1 heterocycles. The van der Waals surface area contributed by atoms with Gasteiger partial charge in [0.25, 0.3) is 0 Å². The largest absolute Gasteiger partial charge is 0.334 e. The zero-order chi connectivity index (χ0) is 15.1. The lowest BCUT2D eigenvalue weighted by molar-refractivity contribution is -0.127. The Morgan fingerprint density at radius 2 is 2.00 bits per heavy atom. The van der Waals surface area contributed by atoms with Crippen LogP contribution in [0.15, 0.2) is 35.9 Å². The molecule has 21 heavy (non-hydrogen) atoms. The fourth-order valence-corrected chi connectivity index (χ4v) is 2.39. The topological polar surface area (TPSA) is 49.4 Å². The Morgan fingerprint density at radius 3 is 2.76 bits per heavy atom. The number of rotatable bonds is 3. The number of hydrogen-bond donors (Lipinski definition) is 1. The van der Waals surface area contributed by atoms with Crippen molar-refractivity contribution >= 4 is 18.0 Å². The van der Waals surface area contributed by atoms with Crippen LogP contribution in [0.1, 0.15) is 38.2 Å². The molecule has 0 atom stereocenters. The van der Waals surface area contributed by atoms with Gasteiger partial charge in [-0.15, -0.1) is 0 Å². The number of hydrogen-bond acceptors (Lipinski definition) is 2.